The van der Waals surface area contributed by atoms with Gasteiger partial charge in [0, 0.05) is 29.7 Å². The first-order valence-corrected chi connectivity index (χ1v) is 7.42. The van der Waals surface area contributed by atoms with Gasteiger partial charge in [-0.15, -0.1) is 0 Å². The molecule has 134 valence electrons. The molecule has 1 N–H and O–H groups in total. The van der Waals surface area contributed by atoms with Crippen LogP contribution in [-0.2, 0) is 6.18 Å². The number of hydrogen-bond donors (Lipinski definition) is 1. The molecule has 0 aromatic carbocycles. The van der Waals surface area contributed by atoms with Crippen molar-refractivity contribution in [3.05, 3.63) is 60.0 Å². The lowest BCUT2D eigenvalue weighted by molar-refractivity contribution is -0.141. The maximum Gasteiger partial charge on any atom is 0.433 e. The van der Waals surface area contributed by atoms with Crippen LogP contribution >= 0.6 is 0 Å². The molecule has 1 amide bonds. The van der Waals surface area contributed by atoms with Crippen LogP contribution in [0.3, 0.4) is 0 Å². The number of carbonyl (C=O) groups is 1. The van der Waals surface area contributed by atoms with Gasteiger partial charge in [0.05, 0.1) is 0 Å². The van der Waals surface area contributed by atoms with E-state index in [1.807, 2.05) is 0 Å². The summed E-state index contributed by atoms with van der Waals surface area (Å²) in [6.45, 7) is 1.62. The van der Waals surface area contributed by atoms with E-state index < -0.39 is 17.9 Å². The Labute approximate surface area is 145 Å². The summed E-state index contributed by atoms with van der Waals surface area (Å²) < 4.78 is 43.3. The average Bonchev–Trinajstić information content (AvgIpc) is 3.12. The Hall–Kier alpha value is -3.30. The number of halogens is 3. The first-order chi connectivity index (χ1) is 12.3. The molecule has 1 atom stereocenters. The van der Waals surface area contributed by atoms with Crippen LogP contribution in [0.1, 0.15) is 34.9 Å². The van der Waals surface area contributed by atoms with Gasteiger partial charge in [0.25, 0.3) is 5.91 Å². The second-order valence-electron chi connectivity index (χ2n) is 5.31. The third-order valence-corrected chi connectivity index (χ3v) is 3.41. The molecule has 0 fully saturated rings. The largest absolute Gasteiger partial charge is 0.433 e. The summed E-state index contributed by atoms with van der Waals surface area (Å²) in [7, 11) is 0. The van der Waals surface area contributed by atoms with Gasteiger partial charge < -0.3 is 9.84 Å². The molecule has 0 spiro atoms. The lowest BCUT2D eigenvalue weighted by Gasteiger charge is -2.09. The zero-order valence-electron chi connectivity index (χ0n) is 13.4. The van der Waals surface area contributed by atoms with Crippen LogP contribution in [0, 0.1) is 0 Å². The average molecular weight is 363 g/mol. The van der Waals surface area contributed by atoms with Gasteiger partial charge in [0.2, 0.25) is 11.7 Å². The van der Waals surface area contributed by atoms with E-state index >= 15 is 0 Å². The van der Waals surface area contributed by atoms with E-state index in [1.54, 1.807) is 6.92 Å². The molecular weight excluding hydrogens is 351 g/mol. The number of pyridine rings is 2. The van der Waals surface area contributed by atoms with E-state index in [0.717, 1.165) is 12.3 Å². The van der Waals surface area contributed by atoms with E-state index in [0.29, 0.717) is 5.56 Å². The minimum atomic E-state index is -4.58. The molecule has 3 aromatic heterocycles. The molecule has 0 saturated heterocycles. The Morgan fingerprint density at radius 3 is 2.62 bits per heavy atom. The minimum absolute atomic E-state index is 0.0297. The SMILES string of the molecule is C[C@H](NC(=O)c1ccncc1)c1nc(-c2ccnc(C(F)(F)F)c2)no1. The maximum atomic E-state index is 12.7. The van der Waals surface area contributed by atoms with Gasteiger partial charge in [-0.3, -0.25) is 14.8 Å². The summed E-state index contributed by atoms with van der Waals surface area (Å²) in [6.07, 6.45) is -0.602. The van der Waals surface area contributed by atoms with Gasteiger partial charge in [-0.25, -0.2) is 0 Å². The van der Waals surface area contributed by atoms with E-state index in [1.165, 1.54) is 30.6 Å². The van der Waals surface area contributed by atoms with Gasteiger partial charge in [0.15, 0.2) is 0 Å². The van der Waals surface area contributed by atoms with Crippen molar-refractivity contribution in [2.24, 2.45) is 0 Å². The number of amides is 1. The number of rotatable bonds is 4. The van der Waals surface area contributed by atoms with Crippen LogP contribution in [0.15, 0.2) is 47.4 Å². The van der Waals surface area contributed by atoms with Crippen LogP contribution in [0.4, 0.5) is 13.2 Å². The lowest BCUT2D eigenvalue weighted by atomic mass is 10.2. The molecule has 0 unspecified atom stereocenters. The van der Waals surface area contributed by atoms with Crippen molar-refractivity contribution in [2.45, 2.75) is 19.1 Å². The standard InChI is InChI=1S/C16H12F3N5O2/c1-9(22-14(25)10-2-5-20-6-3-10)15-23-13(24-26-15)11-4-7-21-12(8-11)16(17,18)19/h2-9H,1H3,(H,22,25)/t9-/m0/s1. The van der Waals surface area contributed by atoms with Gasteiger partial charge in [-0.2, -0.15) is 18.2 Å². The highest BCUT2D eigenvalue weighted by Crippen LogP contribution is 2.29. The van der Waals surface area contributed by atoms with E-state index in [9.17, 15) is 18.0 Å². The van der Waals surface area contributed by atoms with Crippen LogP contribution in [0.25, 0.3) is 11.4 Å². The molecule has 0 saturated carbocycles. The second kappa shape index (κ2) is 6.90. The van der Waals surface area contributed by atoms with Crippen molar-refractivity contribution in [1.82, 2.24) is 25.4 Å². The summed E-state index contributed by atoms with van der Waals surface area (Å²) in [5.74, 6) is -0.339. The Balaban J connectivity index is 1.76. The quantitative estimate of drug-likeness (QED) is 0.766. The summed E-state index contributed by atoms with van der Waals surface area (Å²) >= 11 is 0. The van der Waals surface area contributed by atoms with Crippen molar-refractivity contribution in [3.63, 3.8) is 0 Å². The highest BCUT2D eigenvalue weighted by atomic mass is 19.4. The number of nitrogens with one attached hydrogen (secondary N) is 1. The molecule has 0 radical (unpaired) electrons. The van der Waals surface area contributed by atoms with Gasteiger partial charge in [-0.05, 0) is 31.2 Å². The Morgan fingerprint density at radius 2 is 1.92 bits per heavy atom. The molecule has 0 aliphatic rings. The predicted octanol–water partition coefficient (Wildman–Crippen LogP) is 3.04. The van der Waals surface area contributed by atoms with Crippen LogP contribution in [0.5, 0.6) is 0 Å². The lowest BCUT2D eigenvalue weighted by Crippen LogP contribution is -2.26. The number of aromatic nitrogens is 4. The fourth-order valence-electron chi connectivity index (χ4n) is 2.10. The predicted molar refractivity (Wildman–Crippen MR) is 82.6 cm³/mol. The zero-order chi connectivity index (χ0) is 18.7. The number of hydrogen-bond acceptors (Lipinski definition) is 6. The molecule has 7 nitrogen and oxygen atoms in total. The molecule has 0 aliphatic heterocycles. The van der Waals surface area contributed by atoms with Gasteiger partial charge >= 0.3 is 6.18 Å². The molecule has 3 rings (SSSR count). The minimum Gasteiger partial charge on any atom is -0.341 e. The molecule has 3 aromatic rings. The van der Waals surface area contributed by atoms with E-state index in [4.69, 9.17) is 4.52 Å². The van der Waals surface area contributed by atoms with E-state index in [2.05, 4.69) is 25.4 Å². The first-order valence-electron chi connectivity index (χ1n) is 7.42. The number of nitrogens with zero attached hydrogens (tertiary/aromatic N) is 4. The second-order valence-corrected chi connectivity index (χ2v) is 5.31. The molecule has 26 heavy (non-hydrogen) atoms. The van der Waals surface area contributed by atoms with Crippen molar-refractivity contribution in [3.8, 4) is 11.4 Å². The monoisotopic (exact) mass is 363 g/mol. The third-order valence-electron chi connectivity index (χ3n) is 3.41. The summed E-state index contributed by atoms with van der Waals surface area (Å²) in [6, 6.07) is 4.60. The Bertz CT molecular complexity index is 912. The van der Waals surface area contributed by atoms with Crippen molar-refractivity contribution < 1.29 is 22.5 Å². The molecule has 3 heterocycles. The highest BCUT2D eigenvalue weighted by molar-refractivity contribution is 5.94. The summed E-state index contributed by atoms with van der Waals surface area (Å²) in [4.78, 5) is 23.2. The summed E-state index contributed by atoms with van der Waals surface area (Å²) in [5.41, 5.74) is -0.550. The van der Waals surface area contributed by atoms with E-state index in [-0.39, 0.29) is 23.2 Å². The van der Waals surface area contributed by atoms with Gasteiger partial charge in [0.1, 0.15) is 11.7 Å². The molecular formula is C16H12F3N5O2. The highest BCUT2D eigenvalue weighted by Gasteiger charge is 2.33. The number of carbonyl (C=O) groups excluding carboxylic acids is 1. The fourth-order valence-corrected chi connectivity index (χ4v) is 2.10. The summed E-state index contributed by atoms with van der Waals surface area (Å²) in [5, 5.41) is 6.33. The fraction of sp³-hybridized carbons (Fsp3) is 0.188. The molecule has 0 bridgehead atoms. The van der Waals surface area contributed by atoms with Crippen LogP contribution in [-0.4, -0.2) is 26.0 Å². The van der Waals surface area contributed by atoms with Crippen molar-refractivity contribution in [1.29, 1.82) is 0 Å². The van der Waals surface area contributed by atoms with Crippen LogP contribution in [0.2, 0.25) is 0 Å². The third kappa shape index (κ3) is 3.85. The zero-order valence-corrected chi connectivity index (χ0v) is 13.4. The molecule has 10 heteroatoms. The normalized spacial score (nSPS) is 12.6. The first kappa shape index (κ1) is 17.5. The number of alkyl halides is 3. The topological polar surface area (TPSA) is 93.8 Å². The van der Waals surface area contributed by atoms with Gasteiger partial charge in [-0.1, -0.05) is 5.16 Å². The Morgan fingerprint density at radius 1 is 1.19 bits per heavy atom. The van der Waals surface area contributed by atoms with Crippen molar-refractivity contribution in [2.75, 3.05) is 0 Å². The Kier molecular flexibility index (Phi) is 4.65. The smallest absolute Gasteiger partial charge is 0.341 e. The maximum absolute atomic E-state index is 12.7. The molecule has 0 aliphatic carbocycles. The van der Waals surface area contributed by atoms with Crippen molar-refractivity contribution >= 4 is 5.91 Å². The van der Waals surface area contributed by atoms with Crippen LogP contribution < -0.4 is 5.32 Å².